The Balaban J connectivity index is 1.75. The molecule has 0 N–H and O–H groups in total. The van der Waals surface area contributed by atoms with Crippen LogP contribution in [0.4, 0.5) is 0 Å². The van der Waals surface area contributed by atoms with Crippen LogP contribution in [-0.2, 0) is 6.42 Å². The molecule has 0 unspecified atom stereocenters. The Morgan fingerprint density at radius 2 is 1.59 bits per heavy atom. The lowest BCUT2D eigenvalue weighted by molar-refractivity contribution is 0.721. The van der Waals surface area contributed by atoms with E-state index in [9.17, 15) is 0 Å². The van der Waals surface area contributed by atoms with Gasteiger partial charge in [0.05, 0.1) is 11.4 Å². The molecule has 0 radical (unpaired) electrons. The molecule has 0 aliphatic carbocycles. The fourth-order valence-electron chi connectivity index (χ4n) is 3.16. The van der Waals surface area contributed by atoms with Crippen LogP contribution in [0.2, 0.25) is 0 Å². The maximum atomic E-state index is 4.80. The van der Waals surface area contributed by atoms with Crippen LogP contribution < -0.4 is 0 Å². The SMILES string of the molecule is CC(C)c1ccnc(-c2ccc([C@H](C)Cc3cccc(C(C)C)n3)cn2)c1. The molecule has 3 rings (SSSR count). The molecular formula is C24H29N3. The molecule has 0 saturated heterocycles. The molecule has 3 heteroatoms. The van der Waals surface area contributed by atoms with Crippen molar-refractivity contribution in [2.45, 2.75) is 58.8 Å². The van der Waals surface area contributed by atoms with Crippen molar-refractivity contribution in [2.75, 3.05) is 0 Å². The first-order valence-corrected chi connectivity index (χ1v) is 9.82. The normalized spacial score (nSPS) is 12.6. The summed E-state index contributed by atoms with van der Waals surface area (Å²) in [4.78, 5) is 14.0. The molecule has 0 fully saturated rings. The molecule has 3 nitrogen and oxygen atoms in total. The van der Waals surface area contributed by atoms with Crippen molar-refractivity contribution >= 4 is 0 Å². The second-order valence-corrected chi connectivity index (χ2v) is 7.92. The lowest BCUT2D eigenvalue weighted by atomic mass is 9.96. The second-order valence-electron chi connectivity index (χ2n) is 7.92. The minimum Gasteiger partial charge on any atom is -0.258 e. The highest BCUT2D eigenvalue weighted by Crippen LogP contribution is 2.24. The fraction of sp³-hybridized carbons (Fsp3) is 0.375. The van der Waals surface area contributed by atoms with E-state index in [2.05, 4.69) is 87.1 Å². The molecule has 1 atom stereocenters. The first-order valence-electron chi connectivity index (χ1n) is 9.82. The third kappa shape index (κ3) is 4.79. The summed E-state index contributed by atoms with van der Waals surface area (Å²) in [5.41, 5.74) is 6.68. The van der Waals surface area contributed by atoms with Crippen LogP contribution >= 0.6 is 0 Å². The van der Waals surface area contributed by atoms with E-state index in [1.165, 1.54) is 11.1 Å². The number of pyridine rings is 3. The first-order chi connectivity index (χ1) is 12.9. The molecule has 0 saturated carbocycles. The summed E-state index contributed by atoms with van der Waals surface area (Å²) in [6.45, 7) is 11.0. The van der Waals surface area contributed by atoms with E-state index in [4.69, 9.17) is 4.98 Å². The summed E-state index contributed by atoms with van der Waals surface area (Å²) in [6, 6.07) is 14.8. The van der Waals surface area contributed by atoms with Gasteiger partial charge in [0.2, 0.25) is 0 Å². The maximum Gasteiger partial charge on any atom is 0.0888 e. The molecule has 0 aromatic carbocycles. The van der Waals surface area contributed by atoms with E-state index >= 15 is 0 Å². The topological polar surface area (TPSA) is 38.7 Å². The molecule has 0 amide bonds. The van der Waals surface area contributed by atoms with Crippen molar-refractivity contribution in [3.63, 3.8) is 0 Å². The van der Waals surface area contributed by atoms with Crippen molar-refractivity contribution in [3.05, 3.63) is 77.4 Å². The van der Waals surface area contributed by atoms with Crippen LogP contribution in [-0.4, -0.2) is 15.0 Å². The average molecular weight is 360 g/mol. The minimum absolute atomic E-state index is 0.372. The average Bonchev–Trinajstić information content (AvgIpc) is 2.68. The summed E-state index contributed by atoms with van der Waals surface area (Å²) in [5.74, 6) is 1.31. The number of rotatable bonds is 6. The molecule has 27 heavy (non-hydrogen) atoms. The summed E-state index contributed by atoms with van der Waals surface area (Å²) >= 11 is 0. The zero-order valence-electron chi connectivity index (χ0n) is 17.0. The Morgan fingerprint density at radius 1 is 0.778 bits per heavy atom. The molecule has 3 aromatic heterocycles. The zero-order valence-corrected chi connectivity index (χ0v) is 17.0. The lowest BCUT2D eigenvalue weighted by Crippen LogP contribution is -2.03. The van der Waals surface area contributed by atoms with Crippen molar-refractivity contribution in [3.8, 4) is 11.4 Å². The van der Waals surface area contributed by atoms with Crippen LogP contribution in [0.1, 0.15) is 74.9 Å². The number of hydrogen-bond acceptors (Lipinski definition) is 3. The Labute approximate surface area is 162 Å². The first kappa shape index (κ1) is 19.2. The molecular weight excluding hydrogens is 330 g/mol. The highest BCUT2D eigenvalue weighted by atomic mass is 14.8. The summed E-state index contributed by atoms with van der Waals surface area (Å²) in [6.07, 6.45) is 4.77. The van der Waals surface area contributed by atoms with E-state index in [-0.39, 0.29) is 0 Å². The highest BCUT2D eigenvalue weighted by Gasteiger charge is 2.11. The number of nitrogens with zero attached hydrogens (tertiary/aromatic N) is 3. The van der Waals surface area contributed by atoms with Gasteiger partial charge in [-0.2, -0.15) is 0 Å². The van der Waals surface area contributed by atoms with Crippen molar-refractivity contribution in [1.29, 1.82) is 0 Å². The van der Waals surface area contributed by atoms with Gasteiger partial charge in [0.25, 0.3) is 0 Å². The molecule has 0 bridgehead atoms. The van der Waals surface area contributed by atoms with E-state index in [1.54, 1.807) is 0 Å². The number of aromatic nitrogens is 3. The van der Waals surface area contributed by atoms with Gasteiger partial charge in [-0.05, 0) is 65.6 Å². The van der Waals surface area contributed by atoms with E-state index in [0.29, 0.717) is 17.8 Å². The van der Waals surface area contributed by atoms with Crippen molar-refractivity contribution in [2.24, 2.45) is 0 Å². The van der Waals surface area contributed by atoms with Crippen LogP contribution in [0.5, 0.6) is 0 Å². The lowest BCUT2D eigenvalue weighted by Gasteiger charge is -2.13. The van der Waals surface area contributed by atoms with Gasteiger partial charge in [-0.15, -0.1) is 0 Å². The maximum absolute atomic E-state index is 4.80. The summed E-state index contributed by atoms with van der Waals surface area (Å²) in [5, 5.41) is 0. The van der Waals surface area contributed by atoms with E-state index in [1.807, 2.05) is 12.4 Å². The van der Waals surface area contributed by atoms with Crippen molar-refractivity contribution in [1.82, 2.24) is 15.0 Å². The van der Waals surface area contributed by atoms with Gasteiger partial charge in [-0.3, -0.25) is 15.0 Å². The van der Waals surface area contributed by atoms with Crippen LogP contribution in [0, 0.1) is 0 Å². The van der Waals surface area contributed by atoms with E-state index in [0.717, 1.165) is 29.2 Å². The molecule has 0 aliphatic heterocycles. The molecule has 0 spiro atoms. The van der Waals surface area contributed by atoms with Gasteiger partial charge in [-0.25, -0.2) is 0 Å². The fourth-order valence-corrected chi connectivity index (χ4v) is 3.16. The smallest absolute Gasteiger partial charge is 0.0888 e. The van der Waals surface area contributed by atoms with Crippen molar-refractivity contribution < 1.29 is 0 Å². The van der Waals surface area contributed by atoms with Crippen LogP contribution in [0.3, 0.4) is 0 Å². The van der Waals surface area contributed by atoms with Gasteiger partial charge in [0, 0.05) is 23.8 Å². The molecule has 0 aliphatic rings. The van der Waals surface area contributed by atoms with Crippen LogP contribution in [0.25, 0.3) is 11.4 Å². The van der Waals surface area contributed by atoms with Gasteiger partial charge < -0.3 is 0 Å². The van der Waals surface area contributed by atoms with Gasteiger partial charge >= 0.3 is 0 Å². The largest absolute Gasteiger partial charge is 0.258 e. The molecule has 3 aromatic rings. The van der Waals surface area contributed by atoms with Gasteiger partial charge in [-0.1, -0.05) is 46.8 Å². The third-order valence-electron chi connectivity index (χ3n) is 5.00. The summed E-state index contributed by atoms with van der Waals surface area (Å²) < 4.78 is 0. The predicted molar refractivity (Wildman–Crippen MR) is 112 cm³/mol. The Kier molecular flexibility index (Phi) is 6.00. The Morgan fingerprint density at radius 3 is 2.26 bits per heavy atom. The second kappa shape index (κ2) is 8.43. The standard InChI is InChI=1S/C24H29N3/c1-16(2)19-11-12-25-24(14-19)23-10-9-20(15-26-23)18(5)13-21-7-6-8-22(27-21)17(3)4/h6-12,14-18H,13H2,1-5H3/t18-/m1/s1. The minimum atomic E-state index is 0.372. The highest BCUT2D eigenvalue weighted by molar-refractivity contribution is 5.55. The third-order valence-corrected chi connectivity index (χ3v) is 5.00. The molecule has 3 heterocycles. The monoisotopic (exact) mass is 359 g/mol. The van der Waals surface area contributed by atoms with Gasteiger partial charge in [0.1, 0.15) is 0 Å². The Bertz CT molecular complexity index is 882. The zero-order chi connectivity index (χ0) is 19.4. The van der Waals surface area contributed by atoms with Crippen LogP contribution in [0.15, 0.2) is 54.9 Å². The predicted octanol–water partition coefficient (Wildman–Crippen LogP) is 6.13. The Hall–Kier alpha value is -2.55. The van der Waals surface area contributed by atoms with E-state index < -0.39 is 0 Å². The molecule has 140 valence electrons. The summed E-state index contributed by atoms with van der Waals surface area (Å²) in [7, 11) is 0. The number of hydrogen-bond donors (Lipinski definition) is 0. The quantitative estimate of drug-likeness (QED) is 0.531. The van der Waals surface area contributed by atoms with Gasteiger partial charge in [0.15, 0.2) is 0 Å².